The third-order valence-electron chi connectivity index (χ3n) is 10.2. The van der Waals surface area contributed by atoms with Gasteiger partial charge in [0.05, 0.1) is 11.2 Å². The Morgan fingerprint density at radius 3 is 1.79 bits per heavy atom. The van der Waals surface area contributed by atoms with Crippen LogP contribution in [0, 0.1) is 0 Å². The normalized spacial score (nSPS) is 20.2. The van der Waals surface area contributed by atoms with Gasteiger partial charge in [0.1, 0.15) is 0 Å². The zero-order valence-electron chi connectivity index (χ0n) is 25.9. The molecule has 0 bridgehead atoms. The Morgan fingerprint density at radius 1 is 0.692 bits per heavy atom. The van der Waals surface area contributed by atoms with Crippen molar-refractivity contribution in [1.82, 2.24) is 0 Å². The lowest BCUT2D eigenvalue weighted by molar-refractivity contribution is 0.00578. The summed E-state index contributed by atoms with van der Waals surface area (Å²) in [5, 5.41) is 0. The van der Waals surface area contributed by atoms with Crippen molar-refractivity contribution in [2.75, 3.05) is 0 Å². The molecule has 1 heterocycles. The quantitative estimate of drug-likeness (QED) is 0.213. The smallest absolute Gasteiger partial charge is 0.405 e. The molecule has 0 amide bonds. The first kappa shape index (κ1) is 30.4. The fraction of sp³-hybridized carbons (Fsp3) is 0.667. The monoisotopic (exact) mass is 529 g/mol. The van der Waals surface area contributed by atoms with E-state index in [0.717, 1.165) is 5.92 Å². The molecule has 2 fully saturated rings. The molecule has 2 aromatic rings. The maximum Gasteiger partial charge on any atom is 0.488 e. The molecule has 0 spiro atoms. The van der Waals surface area contributed by atoms with Gasteiger partial charge in [-0.15, -0.1) is 0 Å². The molecule has 2 aromatic carbocycles. The van der Waals surface area contributed by atoms with E-state index in [-0.39, 0.29) is 16.6 Å². The Kier molecular flexibility index (Phi) is 10.4. The van der Waals surface area contributed by atoms with Gasteiger partial charge >= 0.3 is 7.69 Å². The van der Waals surface area contributed by atoms with Crippen molar-refractivity contribution in [3.8, 4) is 11.1 Å². The van der Waals surface area contributed by atoms with Crippen LogP contribution in [-0.2, 0) is 14.7 Å². The molecular formula is C36H54BO2. The molecule has 0 atom stereocenters. The van der Waals surface area contributed by atoms with Gasteiger partial charge in [-0.2, -0.15) is 0 Å². The molecule has 0 aromatic heterocycles. The molecule has 213 valence electrons. The van der Waals surface area contributed by atoms with E-state index >= 15 is 0 Å². The van der Waals surface area contributed by atoms with Crippen LogP contribution in [0.25, 0.3) is 11.1 Å². The van der Waals surface area contributed by atoms with Crippen LogP contribution in [0.5, 0.6) is 0 Å². The molecule has 0 unspecified atom stereocenters. The van der Waals surface area contributed by atoms with Crippen LogP contribution in [0.3, 0.4) is 0 Å². The van der Waals surface area contributed by atoms with Gasteiger partial charge in [-0.3, -0.25) is 0 Å². The molecule has 2 aliphatic carbocycles. The third kappa shape index (κ3) is 6.51. The first-order valence-corrected chi connectivity index (χ1v) is 16.2. The summed E-state index contributed by atoms with van der Waals surface area (Å²) in [5.74, 6) is 0.792. The minimum absolute atomic E-state index is 0.187. The van der Waals surface area contributed by atoms with Crippen molar-refractivity contribution in [2.24, 2.45) is 0 Å². The summed E-state index contributed by atoms with van der Waals surface area (Å²) in [5.41, 5.74) is 8.11. The van der Waals surface area contributed by atoms with E-state index in [4.69, 9.17) is 9.31 Å². The highest BCUT2D eigenvalue weighted by Crippen LogP contribution is 2.57. The Labute approximate surface area is 241 Å². The number of hydrogen-bond donors (Lipinski definition) is 0. The summed E-state index contributed by atoms with van der Waals surface area (Å²) in [4.78, 5) is 0. The predicted molar refractivity (Wildman–Crippen MR) is 167 cm³/mol. The summed E-state index contributed by atoms with van der Waals surface area (Å²) in [6.07, 6.45) is 19.2. The molecule has 3 heteroatoms. The zero-order chi connectivity index (χ0) is 27.9. The van der Waals surface area contributed by atoms with Crippen LogP contribution in [0.1, 0.15) is 154 Å². The van der Waals surface area contributed by atoms with E-state index < -0.39 is 0 Å². The second kappa shape index (κ2) is 13.4. The number of unbranched alkanes of at least 4 members (excludes halogenated alkanes) is 6. The minimum atomic E-state index is -0.188. The Morgan fingerprint density at radius 2 is 1.26 bits per heavy atom. The van der Waals surface area contributed by atoms with Gasteiger partial charge in [0.2, 0.25) is 0 Å². The predicted octanol–water partition coefficient (Wildman–Crippen LogP) is 10.7. The van der Waals surface area contributed by atoms with Crippen molar-refractivity contribution >= 4 is 7.69 Å². The summed E-state index contributed by atoms with van der Waals surface area (Å²) in [6.45, 7) is 12.7. The molecule has 3 aliphatic rings. The lowest BCUT2D eigenvalue weighted by atomic mass is 9.68. The first-order chi connectivity index (χ1) is 18.8. The Hall–Kier alpha value is -1.58. The second-order valence-corrected chi connectivity index (χ2v) is 13.4. The van der Waals surface area contributed by atoms with Gasteiger partial charge in [0.15, 0.2) is 0 Å². The Balaban J connectivity index is 0.000000333. The van der Waals surface area contributed by atoms with Crippen LogP contribution >= 0.6 is 0 Å². The van der Waals surface area contributed by atoms with Crippen molar-refractivity contribution in [1.29, 1.82) is 0 Å². The van der Waals surface area contributed by atoms with Crippen molar-refractivity contribution in [3.63, 3.8) is 0 Å². The number of benzene rings is 2. The molecule has 2 nitrogen and oxygen atoms in total. The summed E-state index contributed by atoms with van der Waals surface area (Å²) < 4.78 is 10.4. The number of rotatable bonds is 11. The number of fused-ring (bicyclic) bond motifs is 3. The van der Waals surface area contributed by atoms with Crippen LogP contribution in [0.2, 0.25) is 0 Å². The summed E-state index contributed by atoms with van der Waals surface area (Å²) in [6, 6.07) is 16.7. The van der Waals surface area contributed by atoms with Crippen molar-refractivity contribution in [2.45, 2.75) is 154 Å². The van der Waals surface area contributed by atoms with Gasteiger partial charge in [-0.05, 0) is 87.1 Å². The van der Waals surface area contributed by atoms with Gasteiger partial charge < -0.3 is 9.31 Å². The van der Waals surface area contributed by atoms with E-state index in [1.54, 1.807) is 27.8 Å². The molecule has 1 saturated heterocycles. The van der Waals surface area contributed by atoms with Gasteiger partial charge in [0.25, 0.3) is 0 Å². The zero-order valence-corrected chi connectivity index (χ0v) is 25.9. The largest absolute Gasteiger partial charge is 0.488 e. The SMILES string of the molecule is CC1(C)O[B]OC1(C)C.CCCCCCC1(CCCCCC)c2ccccc2-c2cccc(C3CCCC3)c21. The van der Waals surface area contributed by atoms with Gasteiger partial charge in [0, 0.05) is 5.41 Å². The molecule has 1 aliphatic heterocycles. The highest BCUT2D eigenvalue weighted by molar-refractivity contribution is 6.19. The van der Waals surface area contributed by atoms with Crippen LogP contribution in [-0.4, -0.2) is 18.9 Å². The summed E-state index contributed by atoms with van der Waals surface area (Å²) in [7, 11) is 1.42. The third-order valence-corrected chi connectivity index (χ3v) is 10.2. The average molecular weight is 530 g/mol. The second-order valence-electron chi connectivity index (χ2n) is 13.4. The lowest BCUT2D eigenvalue weighted by Crippen LogP contribution is -2.41. The van der Waals surface area contributed by atoms with E-state index in [1.165, 1.54) is 97.6 Å². The lowest BCUT2D eigenvalue weighted by Gasteiger charge is -2.35. The van der Waals surface area contributed by atoms with Gasteiger partial charge in [-0.25, -0.2) is 0 Å². The van der Waals surface area contributed by atoms with Crippen LogP contribution < -0.4 is 0 Å². The maximum absolute atomic E-state index is 5.21. The van der Waals surface area contributed by atoms with Crippen LogP contribution in [0.15, 0.2) is 42.5 Å². The number of hydrogen-bond acceptors (Lipinski definition) is 2. The topological polar surface area (TPSA) is 18.5 Å². The van der Waals surface area contributed by atoms with E-state index in [0.29, 0.717) is 0 Å². The van der Waals surface area contributed by atoms with Crippen LogP contribution in [0.4, 0.5) is 0 Å². The highest BCUT2D eigenvalue weighted by atomic mass is 16.7. The fourth-order valence-electron chi connectivity index (χ4n) is 7.08. The first-order valence-electron chi connectivity index (χ1n) is 16.2. The molecule has 5 rings (SSSR count). The standard InChI is InChI=1S/C30H42.C6H12BO2/c1-3-5-7-13-22-30(23-14-8-6-4-2)28-21-12-11-18-26(28)27-20-15-19-25(29(27)30)24-16-9-10-17-24;1-5(2)6(3,4)9-7-8-5/h11-12,15,18-21,24H,3-10,13-14,16-17,22-23H2,1-2H3;1-4H3. The summed E-state index contributed by atoms with van der Waals surface area (Å²) >= 11 is 0. The van der Waals surface area contributed by atoms with E-state index in [2.05, 4.69) is 56.3 Å². The average Bonchev–Trinajstić information content (AvgIpc) is 3.62. The van der Waals surface area contributed by atoms with Gasteiger partial charge in [-0.1, -0.05) is 121 Å². The highest BCUT2D eigenvalue weighted by Gasteiger charge is 2.45. The van der Waals surface area contributed by atoms with E-state index in [1.807, 2.05) is 27.7 Å². The molecule has 1 radical (unpaired) electrons. The molecular weight excluding hydrogens is 475 g/mol. The maximum atomic E-state index is 5.21. The molecule has 1 saturated carbocycles. The Bertz CT molecular complexity index is 1020. The van der Waals surface area contributed by atoms with Crippen molar-refractivity contribution in [3.05, 3.63) is 59.2 Å². The minimum Gasteiger partial charge on any atom is -0.405 e. The van der Waals surface area contributed by atoms with E-state index in [9.17, 15) is 0 Å². The molecule has 39 heavy (non-hydrogen) atoms. The van der Waals surface area contributed by atoms with Crippen molar-refractivity contribution < 1.29 is 9.31 Å². The fourth-order valence-corrected chi connectivity index (χ4v) is 7.08. The molecule has 0 N–H and O–H groups in total.